The van der Waals surface area contributed by atoms with Crippen LogP contribution in [-0.4, -0.2) is 46.2 Å². The highest BCUT2D eigenvalue weighted by Crippen LogP contribution is 3.02. The Hall–Kier alpha value is -3.23. The Bertz CT molecular complexity index is 1550. The molecule has 198 valence electrons. The van der Waals surface area contributed by atoms with Gasteiger partial charge < -0.3 is 9.72 Å². The van der Waals surface area contributed by atoms with E-state index in [9.17, 15) is 27.8 Å². The number of anilines is 1. The molecular formula is C23H22F5N5O2S2. The lowest BCUT2D eigenvalue weighted by molar-refractivity contribution is 0.329. The van der Waals surface area contributed by atoms with Gasteiger partial charge in [0.2, 0.25) is 10.0 Å². The fraction of sp³-hybridized carbons (Fsp3) is 0.217. The fourth-order valence-corrected chi connectivity index (χ4v) is 6.25. The number of hydrogen-bond donors (Lipinski definition) is 1. The highest BCUT2D eigenvalue weighted by Gasteiger charge is 2.65. The van der Waals surface area contributed by atoms with E-state index in [0.29, 0.717) is 18.9 Å². The number of nitrogens with one attached hydrogen (secondary N) is 1. The molecule has 7 nitrogen and oxygen atoms in total. The second kappa shape index (κ2) is 8.13. The SMILES string of the molecule is O=S(=O)(c1ccc(-c2ccc3nccn3c2)cc1)N1CCC(Nc2ccc(S(F)(F)(F)(F)F)cn2)CC1. The molecule has 0 unspecified atom stereocenters. The number of halogens is 5. The lowest BCUT2D eigenvalue weighted by Crippen LogP contribution is -2.42. The Kier molecular flexibility index (Phi) is 5.59. The molecule has 14 heteroatoms. The molecule has 1 aromatic carbocycles. The lowest BCUT2D eigenvalue weighted by atomic mass is 10.1. The van der Waals surface area contributed by atoms with Crippen molar-refractivity contribution in [2.75, 3.05) is 18.4 Å². The van der Waals surface area contributed by atoms with Gasteiger partial charge in [-0.1, -0.05) is 31.6 Å². The van der Waals surface area contributed by atoms with Gasteiger partial charge in [0.15, 0.2) is 0 Å². The summed E-state index contributed by atoms with van der Waals surface area (Å²) in [6.07, 6.45) is 6.27. The van der Waals surface area contributed by atoms with Crippen molar-refractivity contribution in [1.82, 2.24) is 18.7 Å². The first-order valence-electron chi connectivity index (χ1n) is 11.2. The molecule has 0 aliphatic carbocycles. The molecule has 0 bridgehead atoms. The third-order valence-electron chi connectivity index (χ3n) is 6.20. The summed E-state index contributed by atoms with van der Waals surface area (Å²) in [5.41, 5.74) is 2.56. The molecule has 1 saturated heterocycles. The van der Waals surface area contributed by atoms with Crippen molar-refractivity contribution in [2.24, 2.45) is 0 Å². The molecule has 5 rings (SSSR count). The Morgan fingerprint density at radius 2 is 1.54 bits per heavy atom. The van der Waals surface area contributed by atoms with Crippen molar-refractivity contribution in [3.05, 3.63) is 73.3 Å². The Labute approximate surface area is 209 Å². The van der Waals surface area contributed by atoms with Crippen LogP contribution in [0, 0.1) is 0 Å². The molecule has 37 heavy (non-hydrogen) atoms. The first-order valence-corrected chi connectivity index (χ1v) is 14.6. The summed E-state index contributed by atoms with van der Waals surface area (Å²) in [6, 6.07) is 11.2. The third-order valence-corrected chi connectivity index (χ3v) is 9.25. The average molecular weight is 560 g/mol. The summed E-state index contributed by atoms with van der Waals surface area (Å²) in [5, 5.41) is 2.89. The van der Waals surface area contributed by atoms with Crippen LogP contribution in [0.5, 0.6) is 0 Å². The average Bonchev–Trinajstić information content (AvgIpc) is 3.31. The van der Waals surface area contributed by atoms with E-state index in [4.69, 9.17) is 0 Å². The van der Waals surface area contributed by atoms with Crippen LogP contribution in [0.1, 0.15) is 12.8 Å². The Balaban J connectivity index is 1.22. The Morgan fingerprint density at radius 3 is 2.16 bits per heavy atom. The van der Waals surface area contributed by atoms with E-state index < -0.39 is 25.1 Å². The minimum Gasteiger partial charge on any atom is -0.367 e. The molecule has 4 aromatic rings. The summed E-state index contributed by atoms with van der Waals surface area (Å²) < 4.78 is 93.8. The number of imidazole rings is 1. The van der Waals surface area contributed by atoms with Crippen LogP contribution < -0.4 is 5.32 Å². The quantitative estimate of drug-likeness (QED) is 0.280. The predicted octanol–water partition coefficient (Wildman–Crippen LogP) is 6.32. The zero-order chi connectivity index (χ0) is 26.5. The summed E-state index contributed by atoms with van der Waals surface area (Å²) in [5.74, 6) is 0.0105. The summed E-state index contributed by atoms with van der Waals surface area (Å²) in [6.45, 7) is 0.366. The van der Waals surface area contributed by atoms with Crippen LogP contribution in [0.25, 0.3) is 16.8 Å². The molecule has 1 fully saturated rings. The maximum absolute atomic E-state index is 13.1. The second-order valence-corrected chi connectivity index (χ2v) is 13.2. The van der Waals surface area contributed by atoms with Crippen molar-refractivity contribution in [2.45, 2.75) is 28.7 Å². The molecule has 1 N–H and O–H groups in total. The van der Waals surface area contributed by atoms with Gasteiger partial charge in [-0.2, -0.15) is 4.31 Å². The number of hydrogen-bond acceptors (Lipinski definition) is 5. The maximum Gasteiger partial charge on any atom is 0.311 e. The second-order valence-electron chi connectivity index (χ2n) is 8.81. The Morgan fingerprint density at radius 1 is 0.865 bits per heavy atom. The molecule has 0 amide bonds. The van der Waals surface area contributed by atoms with Gasteiger partial charge >= 0.3 is 10.2 Å². The van der Waals surface area contributed by atoms with E-state index in [-0.39, 0.29) is 36.0 Å². The smallest absolute Gasteiger partial charge is 0.311 e. The minimum atomic E-state index is -9.78. The van der Waals surface area contributed by atoms with Gasteiger partial charge in [0, 0.05) is 37.7 Å². The predicted molar refractivity (Wildman–Crippen MR) is 132 cm³/mol. The van der Waals surface area contributed by atoms with Gasteiger partial charge in [0.25, 0.3) is 0 Å². The summed E-state index contributed by atoms with van der Waals surface area (Å²) in [7, 11) is -13.5. The normalized spacial score (nSPS) is 17.9. The standard InChI is InChI=1S/C23H22F5N5O2S2/c24-37(25,26,27,28)21-6-7-22(30-15-21)31-19-9-12-33(13-10-19)36(34,35)20-4-1-17(2-5-20)18-3-8-23-29-11-14-32(23)16-18/h1-8,11,14-16,19H,9-10,12-13H2,(H,30,31). The molecule has 0 atom stereocenters. The van der Waals surface area contributed by atoms with E-state index in [1.807, 2.05) is 28.9 Å². The van der Waals surface area contributed by atoms with E-state index in [1.165, 1.54) is 4.31 Å². The van der Waals surface area contributed by atoms with Gasteiger partial charge in [0.1, 0.15) is 16.4 Å². The van der Waals surface area contributed by atoms with Crippen molar-refractivity contribution >= 4 is 31.7 Å². The minimum absolute atomic E-state index is 0.0105. The molecule has 1 aliphatic heterocycles. The number of rotatable bonds is 6. The summed E-state index contributed by atoms with van der Waals surface area (Å²) >= 11 is 0. The van der Waals surface area contributed by atoms with Gasteiger partial charge in [0.05, 0.1) is 11.1 Å². The molecule has 1 aliphatic rings. The third kappa shape index (κ3) is 5.40. The highest BCUT2D eigenvalue weighted by atomic mass is 32.5. The number of fused-ring (bicyclic) bond motifs is 1. The molecule has 0 spiro atoms. The van der Waals surface area contributed by atoms with Gasteiger partial charge in [-0.15, -0.1) is 0 Å². The van der Waals surface area contributed by atoms with E-state index in [1.54, 1.807) is 30.5 Å². The monoisotopic (exact) mass is 559 g/mol. The molecule has 0 saturated carbocycles. The first-order chi connectivity index (χ1) is 17.2. The molecule has 3 aromatic heterocycles. The number of sulfonamides is 1. The largest absolute Gasteiger partial charge is 0.367 e. The maximum atomic E-state index is 13.1. The van der Waals surface area contributed by atoms with Crippen molar-refractivity contribution in [3.63, 3.8) is 0 Å². The number of nitrogens with zero attached hydrogens (tertiary/aromatic N) is 4. The highest BCUT2D eigenvalue weighted by molar-refractivity contribution is 8.45. The van der Waals surface area contributed by atoms with Crippen molar-refractivity contribution < 1.29 is 27.8 Å². The van der Waals surface area contributed by atoms with Crippen molar-refractivity contribution in [3.8, 4) is 11.1 Å². The van der Waals surface area contributed by atoms with Crippen molar-refractivity contribution in [1.29, 1.82) is 0 Å². The zero-order valence-corrected chi connectivity index (χ0v) is 20.8. The van der Waals surface area contributed by atoms with Crippen LogP contribution in [0.4, 0.5) is 25.2 Å². The van der Waals surface area contributed by atoms with Crippen LogP contribution in [0.15, 0.2) is 83.1 Å². The first kappa shape index (κ1) is 25.4. The van der Waals surface area contributed by atoms with Crippen LogP contribution in [-0.2, 0) is 10.0 Å². The van der Waals surface area contributed by atoms with Crippen LogP contribution in [0.2, 0.25) is 0 Å². The summed E-state index contributed by atoms with van der Waals surface area (Å²) in [4.78, 5) is 5.77. The van der Waals surface area contributed by atoms with E-state index in [2.05, 4.69) is 15.3 Å². The molecule has 0 radical (unpaired) electrons. The van der Waals surface area contributed by atoms with Gasteiger partial charge in [-0.3, -0.25) is 0 Å². The number of pyridine rings is 2. The molecular weight excluding hydrogens is 537 g/mol. The number of piperidine rings is 1. The van der Waals surface area contributed by atoms with Crippen LogP contribution in [0.3, 0.4) is 0 Å². The fourth-order valence-electron chi connectivity index (χ4n) is 4.20. The van der Waals surface area contributed by atoms with E-state index in [0.717, 1.165) is 22.8 Å². The lowest BCUT2D eigenvalue weighted by Gasteiger charge is -2.40. The van der Waals surface area contributed by atoms with Gasteiger partial charge in [-0.25, -0.2) is 18.4 Å². The molecule has 4 heterocycles. The topological polar surface area (TPSA) is 79.6 Å². The van der Waals surface area contributed by atoms with E-state index >= 15 is 0 Å². The number of aromatic nitrogens is 3. The number of benzene rings is 1. The van der Waals surface area contributed by atoms with Gasteiger partial charge in [-0.05, 0) is 60.4 Å². The zero-order valence-electron chi connectivity index (χ0n) is 19.1. The van der Waals surface area contributed by atoms with Crippen LogP contribution >= 0.6 is 10.2 Å².